The van der Waals surface area contributed by atoms with Gasteiger partial charge in [0.05, 0.1) is 5.69 Å². The van der Waals surface area contributed by atoms with E-state index in [1.165, 1.54) is 75.5 Å². The molecular formula is C49H35NS. The smallest absolute Gasteiger partial charge is 0.0540 e. The van der Waals surface area contributed by atoms with E-state index < -0.39 is 0 Å². The fraction of sp³-hybridized carbons (Fsp3) is 0.0612. The van der Waals surface area contributed by atoms with Crippen molar-refractivity contribution in [2.24, 2.45) is 0 Å². The topological polar surface area (TPSA) is 3.24 Å². The predicted octanol–water partition coefficient (Wildman–Crippen LogP) is 14.3. The highest BCUT2D eigenvalue weighted by Gasteiger charge is 2.38. The Morgan fingerprint density at radius 2 is 1.14 bits per heavy atom. The van der Waals surface area contributed by atoms with Crippen LogP contribution >= 0.6 is 11.3 Å². The molecule has 51 heavy (non-hydrogen) atoms. The van der Waals surface area contributed by atoms with Gasteiger partial charge >= 0.3 is 0 Å². The Morgan fingerprint density at radius 1 is 0.451 bits per heavy atom. The largest absolute Gasteiger partial charge is 0.310 e. The van der Waals surface area contributed by atoms with Crippen molar-refractivity contribution in [2.75, 3.05) is 4.90 Å². The summed E-state index contributed by atoms with van der Waals surface area (Å²) in [6.07, 6.45) is 0. The number of fused-ring (bicyclic) bond motifs is 8. The van der Waals surface area contributed by atoms with Crippen LogP contribution in [-0.2, 0) is 5.41 Å². The summed E-state index contributed by atoms with van der Waals surface area (Å²) in [6.45, 7) is 4.82. The number of rotatable bonds is 5. The van der Waals surface area contributed by atoms with E-state index in [4.69, 9.17) is 0 Å². The molecule has 1 heterocycles. The second kappa shape index (κ2) is 11.6. The molecule has 0 unspecified atom stereocenters. The van der Waals surface area contributed by atoms with Crippen molar-refractivity contribution in [1.29, 1.82) is 0 Å². The van der Waals surface area contributed by atoms with Crippen molar-refractivity contribution in [2.45, 2.75) is 19.3 Å². The summed E-state index contributed by atoms with van der Waals surface area (Å²) < 4.78 is 2.71. The van der Waals surface area contributed by atoms with Crippen molar-refractivity contribution in [3.05, 3.63) is 187 Å². The second-order valence-electron chi connectivity index (χ2n) is 14.1. The van der Waals surface area contributed by atoms with Gasteiger partial charge in [-0.3, -0.25) is 0 Å². The zero-order valence-electron chi connectivity index (χ0n) is 28.6. The van der Waals surface area contributed by atoms with Gasteiger partial charge in [-0.2, -0.15) is 0 Å². The molecule has 0 spiro atoms. The highest BCUT2D eigenvalue weighted by Crippen LogP contribution is 2.55. The number of nitrogens with zero attached hydrogens (tertiary/aromatic N) is 1. The second-order valence-corrected chi connectivity index (χ2v) is 15.2. The third kappa shape index (κ3) is 4.75. The first-order valence-electron chi connectivity index (χ1n) is 17.7. The van der Waals surface area contributed by atoms with E-state index in [9.17, 15) is 0 Å². The number of anilines is 3. The van der Waals surface area contributed by atoms with E-state index in [1.54, 1.807) is 0 Å². The van der Waals surface area contributed by atoms with E-state index >= 15 is 0 Å². The third-order valence-electron chi connectivity index (χ3n) is 10.8. The molecule has 0 amide bonds. The zero-order valence-corrected chi connectivity index (χ0v) is 29.4. The van der Waals surface area contributed by atoms with Gasteiger partial charge in [-0.05, 0) is 98.2 Å². The monoisotopic (exact) mass is 669 g/mol. The van der Waals surface area contributed by atoms with Crippen LogP contribution in [0.1, 0.15) is 25.0 Å². The Balaban J connectivity index is 1.14. The molecule has 8 aromatic carbocycles. The van der Waals surface area contributed by atoms with E-state index in [2.05, 4.69) is 195 Å². The van der Waals surface area contributed by atoms with Gasteiger partial charge in [-0.1, -0.05) is 141 Å². The third-order valence-corrected chi connectivity index (χ3v) is 12.0. The molecule has 1 aromatic heterocycles. The number of benzene rings is 8. The number of thiophene rings is 1. The molecule has 0 fully saturated rings. The maximum absolute atomic E-state index is 2.45. The zero-order chi connectivity index (χ0) is 34.1. The molecule has 10 rings (SSSR count). The fourth-order valence-electron chi connectivity index (χ4n) is 8.38. The molecular weight excluding hydrogens is 635 g/mol. The standard InChI is InChI=1S/C49H35NS/c1-49(2)43-31-38(26-27-40(43)41-28-29-46-47(48(41)49)42-17-9-11-19-45(42)51-46)50(44-18-10-8-16-39(44)34-13-4-3-5-14-34)37-24-22-33(23-25-37)36-21-20-32-12-6-7-15-35(32)30-36/h3-31H,1-2H3. The molecule has 2 heteroatoms. The summed E-state index contributed by atoms with van der Waals surface area (Å²) in [4.78, 5) is 2.45. The molecule has 9 aromatic rings. The van der Waals surface area contributed by atoms with Gasteiger partial charge in [0.25, 0.3) is 0 Å². The van der Waals surface area contributed by atoms with Crippen LogP contribution < -0.4 is 4.90 Å². The molecule has 0 radical (unpaired) electrons. The molecule has 0 aliphatic heterocycles. The molecule has 0 saturated heterocycles. The predicted molar refractivity (Wildman–Crippen MR) is 220 cm³/mol. The van der Waals surface area contributed by atoms with Crippen molar-refractivity contribution < 1.29 is 0 Å². The van der Waals surface area contributed by atoms with Crippen LogP contribution in [0, 0.1) is 0 Å². The maximum atomic E-state index is 2.45. The van der Waals surface area contributed by atoms with Crippen molar-refractivity contribution in [3.63, 3.8) is 0 Å². The molecule has 242 valence electrons. The first kappa shape index (κ1) is 29.9. The Hall–Kier alpha value is -5.96. The van der Waals surface area contributed by atoms with Gasteiger partial charge in [0.15, 0.2) is 0 Å². The molecule has 0 bridgehead atoms. The maximum Gasteiger partial charge on any atom is 0.0540 e. The van der Waals surface area contributed by atoms with Crippen LogP contribution in [0.4, 0.5) is 17.1 Å². The van der Waals surface area contributed by atoms with Crippen LogP contribution in [0.2, 0.25) is 0 Å². The molecule has 1 aliphatic carbocycles. The quantitative estimate of drug-likeness (QED) is 0.176. The van der Waals surface area contributed by atoms with Gasteiger partial charge in [0, 0.05) is 42.5 Å². The fourth-order valence-corrected chi connectivity index (χ4v) is 9.49. The summed E-state index contributed by atoms with van der Waals surface area (Å²) in [7, 11) is 0. The van der Waals surface area contributed by atoms with Gasteiger partial charge in [0.1, 0.15) is 0 Å². The summed E-state index contributed by atoms with van der Waals surface area (Å²) in [5.74, 6) is 0. The summed E-state index contributed by atoms with van der Waals surface area (Å²) in [5.41, 5.74) is 13.6. The lowest BCUT2D eigenvalue weighted by Crippen LogP contribution is -2.17. The van der Waals surface area contributed by atoms with Crippen molar-refractivity contribution in [1.82, 2.24) is 0 Å². The molecule has 0 N–H and O–H groups in total. The van der Waals surface area contributed by atoms with E-state index in [0.29, 0.717) is 0 Å². The molecule has 1 nitrogen and oxygen atoms in total. The highest BCUT2D eigenvalue weighted by atomic mass is 32.1. The minimum Gasteiger partial charge on any atom is -0.310 e. The Labute approximate surface area is 302 Å². The van der Waals surface area contributed by atoms with Crippen LogP contribution in [0.25, 0.3) is 64.3 Å². The SMILES string of the molecule is CC1(C)c2cc(N(c3ccc(-c4ccc5ccccc5c4)cc3)c3ccccc3-c3ccccc3)ccc2-c2ccc3sc4ccccc4c3c21. The van der Waals surface area contributed by atoms with Crippen LogP contribution in [0.5, 0.6) is 0 Å². The van der Waals surface area contributed by atoms with E-state index in [1.807, 2.05) is 11.3 Å². The van der Waals surface area contributed by atoms with Crippen LogP contribution in [0.3, 0.4) is 0 Å². The van der Waals surface area contributed by atoms with Gasteiger partial charge in [-0.25, -0.2) is 0 Å². The van der Waals surface area contributed by atoms with E-state index in [0.717, 1.165) is 17.1 Å². The first-order chi connectivity index (χ1) is 25.0. The number of hydrogen-bond donors (Lipinski definition) is 0. The number of para-hydroxylation sites is 1. The van der Waals surface area contributed by atoms with Gasteiger partial charge in [-0.15, -0.1) is 11.3 Å². The Bertz CT molecular complexity index is 2770. The Kier molecular flexibility index (Phi) is 6.78. The van der Waals surface area contributed by atoms with Gasteiger partial charge < -0.3 is 4.90 Å². The van der Waals surface area contributed by atoms with Crippen molar-refractivity contribution >= 4 is 59.3 Å². The lowest BCUT2D eigenvalue weighted by molar-refractivity contribution is 0.667. The highest BCUT2D eigenvalue weighted by molar-refractivity contribution is 7.25. The van der Waals surface area contributed by atoms with Crippen molar-refractivity contribution in [3.8, 4) is 33.4 Å². The number of hydrogen-bond acceptors (Lipinski definition) is 2. The lowest BCUT2D eigenvalue weighted by Gasteiger charge is -2.30. The minimum atomic E-state index is -0.172. The van der Waals surface area contributed by atoms with Crippen LogP contribution in [-0.4, -0.2) is 0 Å². The minimum absolute atomic E-state index is 0.172. The molecule has 1 aliphatic rings. The van der Waals surface area contributed by atoms with Gasteiger partial charge in [0.2, 0.25) is 0 Å². The summed E-state index contributed by atoms with van der Waals surface area (Å²) >= 11 is 1.90. The molecule has 0 saturated carbocycles. The average Bonchev–Trinajstić information content (AvgIpc) is 3.67. The summed E-state index contributed by atoms with van der Waals surface area (Å²) in [5, 5.41) is 5.29. The van der Waals surface area contributed by atoms with Crippen LogP contribution in [0.15, 0.2) is 176 Å². The lowest BCUT2D eigenvalue weighted by atomic mass is 9.80. The normalized spacial score (nSPS) is 13.1. The first-order valence-corrected chi connectivity index (χ1v) is 18.5. The Morgan fingerprint density at radius 3 is 2.00 bits per heavy atom. The molecule has 0 atom stereocenters. The average molecular weight is 670 g/mol. The summed E-state index contributed by atoms with van der Waals surface area (Å²) in [6, 6.07) is 64.7. The van der Waals surface area contributed by atoms with E-state index in [-0.39, 0.29) is 5.41 Å².